The molecule has 0 atom stereocenters. The number of likely N-dealkylation sites (N-methyl/N-ethyl adjacent to an activating group) is 1. The minimum atomic E-state index is -3.82. The number of ether oxygens (including phenoxy) is 1. The van der Waals surface area contributed by atoms with Gasteiger partial charge in [-0.05, 0) is 48.5 Å². The number of amides is 1. The first-order valence-corrected chi connectivity index (χ1v) is 9.83. The molecule has 0 heterocycles. The Hall–Kier alpha value is -2.42. The molecule has 1 N–H and O–H groups in total. The van der Waals surface area contributed by atoms with Crippen LogP contribution < -0.4 is 5.32 Å². The number of esters is 1. The number of anilines is 1. The lowest BCUT2D eigenvalue weighted by molar-refractivity contribution is -0.116. The number of nitrogens with one attached hydrogen (secondary N) is 1. The van der Waals surface area contributed by atoms with Gasteiger partial charge in [-0.1, -0.05) is 18.5 Å². The van der Waals surface area contributed by atoms with E-state index >= 15 is 0 Å². The van der Waals surface area contributed by atoms with Crippen molar-refractivity contribution in [1.82, 2.24) is 4.31 Å². The number of benzene rings is 2. The van der Waals surface area contributed by atoms with E-state index in [4.69, 9.17) is 11.6 Å². The van der Waals surface area contributed by atoms with E-state index < -0.39 is 21.9 Å². The van der Waals surface area contributed by atoms with Crippen LogP contribution in [0.1, 0.15) is 17.3 Å². The van der Waals surface area contributed by atoms with Crippen molar-refractivity contribution < 1.29 is 22.7 Å². The normalized spacial score (nSPS) is 11.3. The van der Waals surface area contributed by atoms with Crippen molar-refractivity contribution in [2.45, 2.75) is 11.8 Å². The van der Waals surface area contributed by atoms with E-state index in [0.717, 1.165) is 4.31 Å². The number of carbonyl (C=O) groups is 2. The van der Waals surface area contributed by atoms with Crippen LogP contribution in [0, 0.1) is 0 Å². The van der Waals surface area contributed by atoms with E-state index in [-0.39, 0.29) is 18.0 Å². The van der Waals surface area contributed by atoms with E-state index in [9.17, 15) is 18.0 Å². The molecule has 0 aromatic heterocycles. The number of hydrogen-bond acceptors (Lipinski definition) is 5. The molecule has 0 bridgehead atoms. The van der Waals surface area contributed by atoms with Crippen LogP contribution in [0.5, 0.6) is 0 Å². The summed E-state index contributed by atoms with van der Waals surface area (Å²) < 4.78 is 31.0. The van der Waals surface area contributed by atoms with Crippen molar-refractivity contribution in [1.29, 1.82) is 0 Å². The Bertz CT molecular complexity index is 912. The zero-order valence-corrected chi connectivity index (χ0v) is 16.4. The summed E-state index contributed by atoms with van der Waals surface area (Å²) in [6.07, 6.45) is 0. The first kappa shape index (κ1) is 20.9. The quantitative estimate of drug-likeness (QED) is 0.708. The summed E-state index contributed by atoms with van der Waals surface area (Å²) in [5, 5.41) is 3.03. The Morgan fingerprint density at radius 1 is 1.07 bits per heavy atom. The lowest BCUT2D eigenvalue weighted by Crippen LogP contribution is -2.37. The summed E-state index contributed by atoms with van der Waals surface area (Å²) in [4.78, 5) is 23.7. The third-order valence-electron chi connectivity index (χ3n) is 3.71. The van der Waals surface area contributed by atoms with Gasteiger partial charge < -0.3 is 10.1 Å². The Labute approximate surface area is 162 Å². The molecule has 0 saturated heterocycles. The summed E-state index contributed by atoms with van der Waals surface area (Å²) in [7, 11) is -2.55. The number of methoxy groups -OCH3 is 1. The lowest BCUT2D eigenvalue weighted by atomic mass is 10.2. The standard InChI is InChI=1S/C18H19ClN2O5S/c1-3-21(27(24,25)16-10-6-14(19)7-11-16)12-17(22)20-15-8-4-13(5-9-15)18(23)26-2/h4-11H,3,12H2,1-2H3,(H,20,22). The molecule has 0 spiro atoms. The van der Waals surface area contributed by atoms with Gasteiger partial charge in [-0.2, -0.15) is 4.31 Å². The van der Waals surface area contributed by atoms with Crippen LogP contribution >= 0.6 is 11.6 Å². The predicted molar refractivity (Wildman–Crippen MR) is 102 cm³/mol. The van der Waals surface area contributed by atoms with E-state index in [2.05, 4.69) is 10.1 Å². The van der Waals surface area contributed by atoms with Gasteiger partial charge in [-0.3, -0.25) is 4.79 Å². The lowest BCUT2D eigenvalue weighted by Gasteiger charge is -2.20. The van der Waals surface area contributed by atoms with Crippen molar-refractivity contribution in [3.8, 4) is 0 Å². The van der Waals surface area contributed by atoms with E-state index in [1.165, 1.54) is 55.6 Å². The number of sulfonamides is 1. The molecule has 9 heteroatoms. The predicted octanol–water partition coefficient (Wildman–Crippen LogP) is 2.78. The van der Waals surface area contributed by atoms with Crippen LogP contribution in [0.25, 0.3) is 0 Å². The van der Waals surface area contributed by atoms with Gasteiger partial charge in [-0.15, -0.1) is 0 Å². The van der Waals surface area contributed by atoms with Crippen LogP contribution in [0.2, 0.25) is 5.02 Å². The summed E-state index contributed by atoms with van der Waals surface area (Å²) in [6.45, 7) is 1.42. The zero-order valence-electron chi connectivity index (χ0n) is 14.8. The van der Waals surface area contributed by atoms with Gasteiger partial charge in [0.15, 0.2) is 0 Å². The third kappa shape index (κ3) is 5.29. The van der Waals surface area contributed by atoms with E-state index in [1.54, 1.807) is 6.92 Å². The minimum Gasteiger partial charge on any atom is -0.465 e. The SMILES string of the molecule is CCN(CC(=O)Nc1ccc(C(=O)OC)cc1)S(=O)(=O)c1ccc(Cl)cc1. The van der Waals surface area contributed by atoms with Gasteiger partial charge in [0.25, 0.3) is 0 Å². The average Bonchev–Trinajstić information content (AvgIpc) is 2.66. The van der Waals surface area contributed by atoms with Crippen molar-refractivity contribution in [2.24, 2.45) is 0 Å². The summed E-state index contributed by atoms with van der Waals surface area (Å²) in [5.41, 5.74) is 0.781. The molecule has 0 aliphatic rings. The van der Waals surface area contributed by atoms with Crippen LogP contribution in [-0.4, -0.2) is 44.8 Å². The highest BCUT2D eigenvalue weighted by atomic mass is 35.5. The number of hydrogen-bond donors (Lipinski definition) is 1. The number of halogens is 1. The summed E-state index contributed by atoms with van der Waals surface area (Å²) in [5.74, 6) is -0.987. The fraction of sp³-hybridized carbons (Fsp3) is 0.222. The zero-order chi connectivity index (χ0) is 20.0. The van der Waals surface area contributed by atoms with Gasteiger partial charge in [-0.25, -0.2) is 13.2 Å². The average molecular weight is 411 g/mol. The Morgan fingerprint density at radius 3 is 2.19 bits per heavy atom. The van der Waals surface area contributed by atoms with Crippen molar-refractivity contribution in [3.05, 3.63) is 59.1 Å². The maximum absolute atomic E-state index is 12.7. The molecule has 0 saturated carbocycles. The van der Waals surface area contributed by atoms with Gasteiger partial charge >= 0.3 is 5.97 Å². The number of rotatable bonds is 7. The van der Waals surface area contributed by atoms with Gasteiger partial charge in [0, 0.05) is 17.3 Å². The Kier molecular flexibility index (Phi) is 6.95. The summed E-state index contributed by atoms with van der Waals surface area (Å²) in [6, 6.07) is 11.8. The monoisotopic (exact) mass is 410 g/mol. The third-order valence-corrected chi connectivity index (χ3v) is 5.90. The smallest absolute Gasteiger partial charge is 0.337 e. The molecule has 0 aliphatic heterocycles. The second-order valence-electron chi connectivity index (χ2n) is 5.50. The fourth-order valence-corrected chi connectivity index (χ4v) is 3.82. The molecule has 2 rings (SSSR count). The molecule has 144 valence electrons. The van der Waals surface area contributed by atoms with Crippen LogP contribution in [0.4, 0.5) is 5.69 Å². The maximum Gasteiger partial charge on any atom is 0.337 e. The minimum absolute atomic E-state index is 0.0592. The van der Waals surface area contributed by atoms with Crippen LogP contribution in [-0.2, 0) is 19.6 Å². The van der Waals surface area contributed by atoms with Crippen molar-refractivity contribution >= 4 is 39.2 Å². The Balaban J connectivity index is 2.08. The molecule has 0 unspecified atom stereocenters. The highest BCUT2D eigenvalue weighted by Crippen LogP contribution is 2.18. The molecule has 0 radical (unpaired) electrons. The van der Waals surface area contributed by atoms with E-state index in [1.807, 2.05) is 0 Å². The van der Waals surface area contributed by atoms with Gasteiger partial charge in [0.1, 0.15) is 0 Å². The summed E-state index contributed by atoms with van der Waals surface area (Å²) >= 11 is 5.79. The second-order valence-corrected chi connectivity index (χ2v) is 7.88. The molecule has 2 aromatic carbocycles. The number of carbonyl (C=O) groups excluding carboxylic acids is 2. The van der Waals surface area contributed by atoms with Crippen LogP contribution in [0.3, 0.4) is 0 Å². The van der Waals surface area contributed by atoms with Gasteiger partial charge in [0.2, 0.25) is 15.9 Å². The Morgan fingerprint density at radius 2 is 1.67 bits per heavy atom. The van der Waals surface area contributed by atoms with Crippen LogP contribution in [0.15, 0.2) is 53.4 Å². The molecule has 0 aliphatic carbocycles. The first-order valence-electron chi connectivity index (χ1n) is 8.02. The highest BCUT2D eigenvalue weighted by molar-refractivity contribution is 7.89. The van der Waals surface area contributed by atoms with Crippen molar-refractivity contribution in [2.75, 3.05) is 25.5 Å². The highest BCUT2D eigenvalue weighted by Gasteiger charge is 2.25. The topological polar surface area (TPSA) is 92.8 Å². The largest absolute Gasteiger partial charge is 0.465 e. The molecule has 7 nitrogen and oxygen atoms in total. The molecule has 2 aromatic rings. The van der Waals surface area contributed by atoms with Gasteiger partial charge in [0.05, 0.1) is 24.1 Å². The molecule has 27 heavy (non-hydrogen) atoms. The molecule has 0 fully saturated rings. The maximum atomic E-state index is 12.7. The molecule has 1 amide bonds. The van der Waals surface area contributed by atoms with Crippen molar-refractivity contribution in [3.63, 3.8) is 0 Å². The molecular weight excluding hydrogens is 392 g/mol. The fourth-order valence-electron chi connectivity index (χ4n) is 2.29. The number of nitrogens with zero attached hydrogens (tertiary/aromatic N) is 1. The second kappa shape index (κ2) is 8.98. The molecular formula is C18H19ClN2O5S. The first-order chi connectivity index (χ1) is 12.8. The van der Waals surface area contributed by atoms with E-state index in [0.29, 0.717) is 16.3 Å².